The SMILES string of the molecule is CC(C)=C1SC(=S)N(CCC(=O)O)C1=O. The molecule has 0 aromatic heterocycles. The zero-order valence-corrected chi connectivity index (χ0v) is 10.1. The van der Waals surface area contributed by atoms with E-state index in [0.29, 0.717) is 9.23 Å². The Kier molecular flexibility index (Phi) is 3.87. The van der Waals surface area contributed by atoms with Gasteiger partial charge in [-0.1, -0.05) is 29.6 Å². The molecule has 1 saturated heterocycles. The molecule has 0 radical (unpaired) electrons. The van der Waals surface area contributed by atoms with Crippen molar-refractivity contribution in [3.63, 3.8) is 0 Å². The number of hydrogen-bond donors (Lipinski definition) is 1. The molecule has 1 amide bonds. The molecule has 6 heteroatoms. The van der Waals surface area contributed by atoms with E-state index in [9.17, 15) is 9.59 Å². The molecule has 4 nitrogen and oxygen atoms in total. The second-order valence-corrected chi connectivity index (χ2v) is 4.94. The second-order valence-electron chi connectivity index (χ2n) is 3.30. The van der Waals surface area contributed by atoms with Gasteiger partial charge >= 0.3 is 5.97 Å². The number of carboxylic acid groups (broad SMARTS) is 1. The summed E-state index contributed by atoms with van der Waals surface area (Å²) in [7, 11) is 0. The molecule has 0 aromatic rings. The van der Waals surface area contributed by atoms with Crippen molar-refractivity contribution in [2.75, 3.05) is 6.54 Å². The Balaban J connectivity index is 2.76. The van der Waals surface area contributed by atoms with Gasteiger partial charge in [-0.05, 0) is 13.8 Å². The van der Waals surface area contributed by atoms with Crippen LogP contribution < -0.4 is 0 Å². The van der Waals surface area contributed by atoms with E-state index >= 15 is 0 Å². The van der Waals surface area contributed by atoms with E-state index in [1.165, 1.54) is 16.7 Å². The molecule has 0 saturated carbocycles. The number of nitrogens with zero attached hydrogens (tertiary/aromatic N) is 1. The second kappa shape index (κ2) is 4.76. The van der Waals surface area contributed by atoms with Crippen LogP contribution in [0.15, 0.2) is 10.5 Å². The number of carbonyl (C=O) groups excluding carboxylic acids is 1. The fourth-order valence-corrected chi connectivity index (χ4v) is 2.39. The zero-order chi connectivity index (χ0) is 11.6. The van der Waals surface area contributed by atoms with E-state index in [0.717, 1.165) is 5.57 Å². The molecule has 1 fully saturated rings. The van der Waals surface area contributed by atoms with E-state index < -0.39 is 5.97 Å². The molecule has 0 atom stereocenters. The summed E-state index contributed by atoms with van der Waals surface area (Å²) in [6.45, 7) is 3.82. The van der Waals surface area contributed by atoms with E-state index in [-0.39, 0.29) is 18.9 Å². The lowest BCUT2D eigenvalue weighted by Gasteiger charge is -2.12. The van der Waals surface area contributed by atoms with Crippen LogP contribution in [0.3, 0.4) is 0 Å². The van der Waals surface area contributed by atoms with Gasteiger partial charge in [0.25, 0.3) is 5.91 Å². The third-order valence-corrected chi connectivity index (χ3v) is 3.50. The van der Waals surface area contributed by atoms with Gasteiger partial charge in [0.1, 0.15) is 4.32 Å². The molecule has 82 valence electrons. The minimum Gasteiger partial charge on any atom is -0.481 e. The lowest BCUT2D eigenvalue weighted by molar-refractivity contribution is -0.137. The Bertz CT molecular complexity index is 358. The summed E-state index contributed by atoms with van der Waals surface area (Å²) in [5.41, 5.74) is 0.908. The quantitative estimate of drug-likeness (QED) is 0.605. The topological polar surface area (TPSA) is 57.6 Å². The Morgan fingerprint density at radius 1 is 1.53 bits per heavy atom. The van der Waals surface area contributed by atoms with Gasteiger partial charge in [-0.2, -0.15) is 0 Å². The minimum absolute atomic E-state index is 0.0809. The molecule has 1 aliphatic heterocycles. The number of rotatable bonds is 3. The molecule has 0 unspecified atom stereocenters. The maximum absolute atomic E-state index is 11.7. The molecule has 1 rings (SSSR count). The van der Waals surface area contributed by atoms with Gasteiger partial charge in [0.15, 0.2) is 0 Å². The summed E-state index contributed by atoms with van der Waals surface area (Å²) in [5.74, 6) is -1.10. The summed E-state index contributed by atoms with van der Waals surface area (Å²) in [6, 6.07) is 0. The monoisotopic (exact) mass is 245 g/mol. The highest BCUT2D eigenvalue weighted by molar-refractivity contribution is 8.26. The van der Waals surface area contributed by atoms with Gasteiger partial charge in [-0.25, -0.2) is 0 Å². The van der Waals surface area contributed by atoms with Crippen molar-refractivity contribution in [2.24, 2.45) is 0 Å². The van der Waals surface area contributed by atoms with Crippen LogP contribution in [0, 0.1) is 0 Å². The van der Waals surface area contributed by atoms with Crippen LogP contribution in [0.2, 0.25) is 0 Å². The number of thiocarbonyl (C=S) groups is 1. The zero-order valence-electron chi connectivity index (χ0n) is 8.44. The third kappa shape index (κ3) is 2.79. The van der Waals surface area contributed by atoms with E-state index in [4.69, 9.17) is 17.3 Å². The summed E-state index contributed by atoms with van der Waals surface area (Å²) in [5, 5.41) is 8.52. The molecule has 0 aromatic carbocycles. The predicted molar refractivity (Wildman–Crippen MR) is 62.5 cm³/mol. The van der Waals surface area contributed by atoms with Crippen LogP contribution in [-0.2, 0) is 9.59 Å². The van der Waals surface area contributed by atoms with Crippen molar-refractivity contribution in [1.82, 2.24) is 4.90 Å². The molecule has 0 spiro atoms. The third-order valence-electron chi connectivity index (χ3n) is 1.85. The average Bonchev–Trinajstić information content (AvgIpc) is 2.39. The Labute approximate surface area is 97.3 Å². The van der Waals surface area contributed by atoms with Crippen molar-refractivity contribution in [3.05, 3.63) is 10.5 Å². The van der Waals surface area contributed by atoms with Crippen molar-refractivity contribution in [3.8, 4) is 0 Å². The fraction of sp³-hybridized carbons (Fsp3) is 0.444. The maximum Gasteiger partial charge on any atom is 0.305 e. The fourth-order valence-electron chi connectivity index (χ4n) is 1.11. The standard InChI is InChI=1S/C9H11NO3S2/c1-5(2)7-8(13)10(9(14)15-7)4-3-6(11)12/h3-4H2,1-2H3,(H,11,12). The van der Waals surface area contributed by atoms with Crippen LogP contribution in [0.4, 0.5) is 0 Å². The summed E-state index contributed by atoms with van der Waals surface area (Å²) in [4.78, 5) is 24.1. The van der Waals surface area contributed by atoms with Crippen LogP contribution in [-0.4, -0.2) is 32.7 Å². The number of aliphatic carboxylic acids is 1. The molecule has 1 heterocycles. The normalized spacial score (nSPS) is 16.1. The van der Waals surface area contributed by atoms with Gasteiger partial charge in [-0.15, -0.1) is 0 Å². The van der Waals surface area contributed by atoms with Gasteiger partial charge in [-0.3, -0.25) is 14.5 Å². The first-order valence-corrected chi connectivity index (χ1v) is 5.59. The van der Waals surface area contributed by atoms with Crippen molar-refractivity contribution >= 4 is 40.2 Å². The Hall–Kier alpha value is -0.880. The van der Waals surface area contributed by atoms with E-state index in [1.54, 1.807) is 0 Å². The maximum atomic E-state index is 11.7. The highest BCUT2D eigenvalue weighted by Crippen LogP contribution is 2.32. The predicted octanol–water partition coefficient (Wildman–Crippen LogP) is 1.62. The number of amides is 1. The lowest BCUT2D eigenvalue weighted by atomic mass is 10.3. The minimum atomic E-state index is -0.929. The van der Waals surface area contributed by atoms with E-state index in [2.05, 4.69) is 0 Å². The average molecular weight is 245 g/mol. The van der Waals surface area contributed by atoms with Crippen molar-refractivity contribution in [1.29, 1.82) is 0 Å². The highest BCUT2D eigenvalue weighted by Gasteiger charge is 2.32. The van der Waals surface area contributed by atoms with Crippen molar-refractivity contribution in [2.45, 2.75) is 20.3 Å². The van der Waals surface area contributed by atoms with Crippen molar-refractivity contribution < 1.29 is 14.7 Å². The smallest absolute Gasteiger partial charge is 0.305 e. The summed E-state index contributed by atoms with van der Waals surface area (Å²) >= 11 is 6.24. The highest BCUT2D eigenvalue weighted by atomic mass is 32.2. The summed E-state index contributed by atoms with van der Waals surface area (Å²) in [6.07, 6.45) is -0.0809. The molecular formula is C9H11NO3S2. The molecular weight excluding hydrogens is 234 g/mol. The molecule has 1 N–H and O–H groups in total. The van der Waals surface area contributed by atoms with Gasteiger partial charge in [0, 0.05) is 6.54 Å². The molecule has 15 heavy (non-hydrogen) atoms. The largest absolute Gasteiger partial charge is 0.481 e. The number of hydrogen-bond acceptors (Lipinski definition) is 4. The Morgan fingerprint density at radius 2 is 2.13 bits per heavy atom. The first-order chi connectivity index (χ1) is 6.93. The molecule has 0 aliphatic carbocycles. The molecule has 0 bridgehead atoms. The number of carboxylic acids is 1. The van der Waals surface area contributed by atoms with Crippen LogP contribution in [0.1, 0.15) is 20.3 Å². The molecule has 1 aliphatic rings. The van der Waals surface area contributed by atoms with Gasteiger partial charge in [0.05, 0.1) is 11.3 Å². The number of allylic oxidation sites excluding steroid dienone is 1. The number of carbonyl (C=O) groups is 2. The van der Waals surface area contributed by atoms with Gasteiger partial charge < -0.3 is 5.11 Å². The van der Waals surface area contributed by atoms with Crippen LogP contribution in [0.25, 0.3) is 0 Å². The first kappa shape index (κ1) is 12.2. The first-order valence-electron chi connectivity index (χ1n) is 4.36. The Morgan fingerprint density at radius 3 is 2.53 bits per heavy atom. The number of thioether (sulfide) groups is 1. The van der Waals surface area contributed by atoms with Crippen LogP contribution >= 0.6 is 24.0 Å². The van der Waals surface area contributed by atoms with E-state index in [1.807, 2.05) is 13.8 Å². The lowest BCUT2D eigenvalue weighted by Crippen LogP contribution is -2.30. The summed E-state index contributed by atoms with van der Waals surface area (Å²) < 4.78 is 0.442. The van der Waals surface area contributed by atoms with Gasteiger partial charge in [0.2, 0.25) is 0 Å². The van der Waals surface area contributed by atoms with Crippen LogP contribution in [0.5, 0.6) is 0 Å².